The van der Waals surface area contributed by atoms with E-state index in [4.69, 9.17) is 0 Å². The molecule has 1 aliphatic rings. The summed E-state index contributed by atoms with van der Waals surface area (Å²) in [5.41, 5.74) is 2.06. The van der Waals surface area contributed by atoms with E-state index in [1.54, 1.807) is 0 Å². The molecule has 1 unspecified atom stereocenters. The van der Waals surface area contributed by atoms with Gasteiger partial charge in [0.05, 0.1) is 11.8 Å². The largest absolute Gasteiger partial charge is 0.391 e. The molecule has 1 aromatic rings. The predicted molar refractivity (Wildman–Crippen MR) is 81.8 cm³/mol. The van der Waals surface area contributed by atoms with Gasteiger partial charge in [0, 0.05) is 24.7 Å². The summed E-state index contributed by atoms with van der Waals surface area (Å²) >= 11 is 0. The first-order valence-electron chi connectivity index (χ1n) is 7.90. The van der Waals surface area contributed by atoms with Crippen LogP contribution in [0.5, 0.6) is 0 Å². The minimum Gasteiger partial charge on any atom is -0.391 e. The van der Waals surface area contributed by atoms with E-state index in [0.717, 1.165) is 30.9 Å². The van der Waals surface area contributed by atoms with Gasteiger partial charge in [0.2, 0.25) is 0 Å². The Hall–Kier alpha value is -0.870. The average Bonchev–Trinajstić information content (AvgIpc) is 2.80. The average molecular weight is 279 g/mol. The van der Waals surface area contributed by atoms with Crippen molar-refractivity contribution in [2.75, 3.05) is 13.1 Å². The van der Waals surface area contributed by atoms with Crippen molar-refractivity contribution < 1.29 is 5.11 Å². The Labute approximate surface area is 122 Å². The number of aliphatic hydroxyl groups excluding tert-OH is 1. The van der Waals surface area contributed by atoms with Crippen LogP contribution in [0.15, 0.2) is 6.07 Å². The molecule has 0 bridgehead atoms. The number of rotatable bonds is 5. The highest BCUT2D eigenvalue weighted by atomic mass is 16.3. The van der Waals surface area contributed by atoms with Crippen molar-refractivity contribution in [3.63, 3.8) is 0 Å². The second-order valence-corrected chi connectivity index (χ2v) is 6.53. The highest BCUT2D eigenvalue weighted by Crippen LogP contribution is 2.26. The molecule has 1 aromatic heterocycles. The second kappa shape index (κ2) is 6.27. The van der Waals surface area contributed by atoms with Crippen molar-refractivity contribution in [3.8, 4) is 0 Å². The lowest BCUT2D eigenvalue weighted by molar-refractivity contribution is -0.0194. The van der Waals surface area contributed by atoms with Crippen LogP contribution in [0, 0.1) is 0 Å². The number of aliphatic hydroxyl groups is 1. The predicted octanol–water partition coefficient (Wildman–Crippen LogP) is 2.15. The fourth-order valence-corrected chi connectivity index (χ4v) is 3.06. The summed E-state index contributed by atoms with van der Waals surface area (Å²) in [5.74, 6) is 0. The highest BCUT2D eigenvalue weighted by molar-refractivity contribution is 5.12. The van der Waals surface area contributed by atoms with Crippen LogP contribution < -0.4 is 0 Å². The van der Waals surface area contributed by atoms with Gasteiger partial charge in [-0.2, -0.15) is 5.10 Å². The topological polar surface area (TPSA) is 41.3 Å². The van der Waals surface area contributed by atoms with E-state index >= 15 is 0 Å². The number of hydrogen-bond donors (Lipinski definition) is 1. The molecule has 1 fully saturated rings. The van der Waals surface area contributed by atoms with Crippen molar-refractivity contribution in [1.82, 2.24) is 14.7 Å². The van der Waals surface area contributed by atoms with Gasteiger partial charge in [0.15, 0.2) is 0 Å². The number of piperidine rings is 1. The Bertz CT molecular complexity index is 433. The van der Waals surface area contributed by atoms with Crippen molar-refractivity contribution in [2.45, 2.75) is 64.5 Å². The van der Waals surface area contributed by atoms with Crippen molar-refractivity contribution in [2.24, 2.45) is 7.05 Å². The summed E-state index contributed by atoms with van der Waals surface area (Å²) in [6.07, 6.45) is 5.08. The first-order chi connectivity index (χ1) is 9.45. The fraction of sp³-hybridized carbons (Fsp3) is 0.812. The number of nitrogens with zero attached hydrogens (tertiary/aromatic N) is 3. The Balaban J connectivity index is 2.05. The summed E-state index contributed by atoms with van der Waals surface area (Å²) in [6, 6.07) is 2.12. The molecule has 2 heterocycles. The van der Waals surface area contributed by atoms with Crippen molar-refractivity contribution >= 4 is 0 Å². The van der Waals surface area contributed by atoms with Crippen LogP contribution in [0.3, 0.4) is 0 Å². The first-order valence-corrected chi connectivity index (χ1v) is 7.90. The zero-order valence-corrected chi connectivity index (χ0v) is 13.4. The standard InChI is InChI=1S/C16H29N3O/c1-5-13-11-14(18(4)17-13)12-15(20)16(2,3)19-9-7-6-8-10-19/h11,15,20H,5-10,12H2,1-4H3. The Kier molecular flexibility index (Phi) is 4.86. The van der Waals surface area contributed by atoms with Gasteiger partial charge in [0.25, 0.3) is 0 Å². The number of aromatic nitrogens is 2. The van der Waals surface area contributed by atoms with Crippen LogP contribution in [-0.4, -0.2) is 44.5 Å². The van der Waals surface area contributed by atoms with E-state index in [1.807, 2.05) is 11.7 Å². The van der Waals surface area contributed by atoms with Crippen LogP contribution in [0.4, 0.5) is 0 Å². The third-order valence-corrected chi connectivity index (χ3v) is 4.78. The quantitative estimate of drug-likeness (QED) is 0.898. The Morgan fingerprint density at radius 2 is 1.95 bits per heavy atom. The van der Waals surface area contributed by atoms with E-state index in [2.05, 4.69) is 36.8 Å². The normalized spacial score (nSPS) is 19.2. The van der Waals surface area contributed by atoms with Gasteiger partial charge in [-0.15, -0.1) is 0 Å². The van der Waals surface area contributed by atoms with Gasteiger partial charge < -0.3 is 5.11 Å². The van der Waals surface area contributed by atoms with E-state index in [-0.39, 0.29) is 11.6 Å². The van der Waals surface area contributed by atoms with Gasteiger partial charge in [-0.05, 0) is 52.3 Å². The molecule has 2 rings (SSSR count). The molecule has 1 saturated heterocycles. The summed E-state index contributed by atoms with van der Waals surface area (Å²) in [5, 5.41) is 15.2. The molecule has 4 heteroatoms. The monoisotopic (exact) mass is 279 g/mol. The maximum atomic E-state index is 10.7. The molecule has 4 nitrogen and oxygen atoms in total. The van der Waals surface area contributed by atoms with Crippen LogP contribution in [0.2, 0.25) is 0 Å². The summed E-state index contributed by atoms with van der Waals surface area (Å²) in [4.78, 5) is 2.44. The smallest absolute Gasteiger partial charge is 0.0773 e. The molecule has 20 heavy (non-hydrogen) atoms. The maximum absolute atomic E-state index is 10.7. The number of hydrogen-bond acceptors (Lipinski definition) is 3. The zero-order chi connectivity index (χ0) is 14.8. The molecular weight excluding hydrogens is 250 g/mol. The molecule has 1 aliphatic heterocycles. The Morgan fingerprint density at radius 1 is 1.30 bits per heavy atom. The molecule has 0 saturated carbocycles. The molecule has 0 aromatic carbocycles. The van der Waals surface area contributed by atoms with Crippen LogP contribution in [-0.2, 0) is 19.9 Å². The third-order valence-electron chi connectivity index (χ3n) is 4.78. The SMILES string of the molecule is CCc1cc(CC(O)C(C)(C)N2CCCCC2)n(C)n1. The van der Waals surface area contributed by atoms with E-state index in [1.165, 1.54) is 19.3 Å². The second-order valence-electron chi connectivity index (χ2n) is 6.53. The van der Waals surface area contributed by atoms with Gasteiger partial charge >= 0.3 is 0 Å². The summed E-state index contributed by atoms with van der Waals surface area (Å²) in [6.45, 7) is 8.66. The van der Waals surface area contributed by atoms with Crippen LogP contribution >= 0.6 is 0 Å². The fourth-order valence-electron chi connectivity index (χ4n) is 3.06. The van der Waals surface area contributed by atoms with Crippen LogP contribution in [0.25, 0.3) is 0 Å². The lowest BCUT2D eigenvalue weighted by Crippen LogP contribution is -2.54. The van der Waals surface area contributed by atoms with E-state index < -0.39 is 0 Å². The molecule has 1 N–H and O–H groups in total. The molecule has 0 spiro atoms. The molecule has 0 radical (unpaired) electrons. The van der Waals surface area contributed by atoms with Crippen molar-refractivity contribution in [3.05, 3.63) is 17.5 Å². The lowest BCUT2D eigenvalue weighted by Gasteiger charge is -2.44. The van der Waals surface area contributed by atoms with Crippen LogP contribution in [0.1, 0.15) is 51.4 Å². The van der Waals surface area contributed by atoms with E-state index in [9.17, 15) is 5.11 Å². The number of aryl methyl sites for hydroxylation is 2. The first kappa shape index (κ1) is 15.5. The summed E-state index contributed by atoms with van der Waals surface area (Å²) in [7, 11) is 1.97. The van der Waals surface area contributed by atoms with E-state index in [0.29, 0.717) is 6.42 Å². The molecule has 114 valence electrons. The maximum Gasteiger partial charge on any atom is 0.0773 e. The van der Waals surface area contributed by atoms with Crippen molar-refractivity contribution in [1.29, 1.82) is 0 Å². The summed E-state index contributed by atoms with van der Waals surface area (Å²) < 4.78 is 1.91. The van der Waals surface area contributed by atoms with Gasteiger partial charge in [0.1, 0.15) is 0 Å². The molecule has 1 atom stereocenters. The highest BCUT2D eigenvalue weighted by Gasteiger charge is 2.35. The molecule has 0 amide bonds. The zero-order valence-electron chi connectivity index (χ0n) is 13.4. The number of likely N-dealkylation sites (tertiary alicyclic amines) is 1. The van der Waals surface area contributed by atoms with Gasteiger partial charge in [-0.25, -0.2) is 0 Å². The third kappa shape index (κ3) is 3.23. The minimum absolute atomic E-state index is 0.170. The van der Waals surface area contributed by atoms with Gasteiger partial charge in [-0.3, -0.25) is 9.58 Å². The molecule has 0 aliphatic carbocycles. The lowest BCUT2D eigenvalue weighted by atomic mass is 9.89. The Morgan fingerprint density at radius 3 is 2.50 bits per heavy atom. The molecular formula is C16H29N3O. The minimum atomic E-state index is -0.360. The van der Waals surface area contributed by atoms with Gasteiger partial charge in [-0.1, -0.05) is 13.3 Å².